The van der Waals surface area contributed by atoms with E-state index in [2.05, 4.69) is 4.98 Å². The second-order valence-electron chi connectivity index (χ2n) is 4.28. The number of nitrogens with zero attached hydrogens (tertiary/aromatic N) is 1. The summed E-state index contributed by atoms with van der Waals surface area (Å²) in [6.45, 7) is 1.93. The number of anilines is 1. The van der Waals surface area contributed by atoms with Gasteiger partial charge in [-0.1, -0.05) is 29.8 Å². The highest BCUT2D eigenvalue weighted by Crippen LogP contribution is 2.24. The first-order chi connectivity index (χ1) is 8.58. The summed E-state index contributed by atoms with van der Waals surface area (Å²) in [5.74, 6) is 0.453. The van der Waals surface area contributed by atoms with E-state index in [-0.39, 0.29) is 0 Å². The standard InChI is InChI=1S/C14H15ClN2O/c1-9-4-5-10(7-12(9)15)13(18)8-11-3-2-6-17-14(11)16/h2-7,13,18H,8H2,1H3,(H2,16,17). The minimum Gasteiger partial charge on any atom is -0.388 e. The Bertz CT molecular complexity index is 557. The lowest BCUT2D eigenvalue weighted by molar-refractivity contribution is 0.178. The zero-order valence-electron chi connectivity index (χ0n) is 10.1. The van der Waals surface area contributed by atoms with Gasteiger partial charge in [-0.2, -0.15) is 0 Å². The van der Waals surface area contributed by atoms with Gasteiger partial charge in [-0.25, -0.2) is 4.98 Å². The molecule has 0 amide bonds. The van der Waals surface area contributed by atoms with Crippen molar-refractivity contribution in [3.8, 4) is 0 Å². The monoisotopic (exact) mass is 262 g/mol. The summed E-state index contributed by atoms with van der Waals surface area (Å²) in [7, 11) is 0. The van der Waals surface area contributed by atoms with Crippen molar-refractivity contribution in [3.05, 3.63) is 58.2 Å². The average molecular weight is 263 g/mol. The third-order valence-corrected chi connectivity index (χ3v) is 3.33. The smallest absolute Gasteiger partial charge is 0.126 e. The van der Waals surface area contributed by atoms with E-state index < -0.39 is 6.10 Å². The third-order valence-electron chi connectivity index (χ3n) is 2.92. The maximum Gasteiger partial charge on any atom is 0.126 e. The van der Waals surface area contributed by atoms with Crippen LogP contribution in [-0.2, 0) is 6.42 Å². The normalized spacial score (nSPS) is 12.4. The van der Waals surface area contributed by atoms with E-state index in [0.29, 0.717) is 17.3 Å². The largest absolute Gasteiger partial charge is 0.388 e. The maximum absolute atomic E-state index is 10.2. The van der Waals surface area contributed by atoms with Gasteiger partial charge in [-0.05, 0) is 35.7 Å². The van der Waals surface area contributed by atoms with Gasteiger partial charge >= 0.3 is 0 Å². The minimum absolute atomic E-state index is 0.430. The summed E-state index contributed by atoms with van der Waals surface area (Å²) in [5.41, 5.74) is 8.37. The number of halogens is 1. The van der Waals surface area contributed by atoms with Crippen LogP contribution >= 0.6 is 11.6 Å². The summed E-state index contributed by atoms with van der Waals surface area (Å²) in [6.07, 6.45) is 1.43. The van der Waals surface area contributed by atoms with Crippen molar-refractivity contribution in [2.75, 3.05) is 5.73 Å². The number of rotatable bonds is 3. The van der Waals surface area contributed by atoms with Crippen LogP contribution in [-0.4, -0.2) is 10.1 Å². The number of pyridine rings is 1. The second kappa shape index (κ2) is 5.38. The van der Waals surface area contributed by atoms with Crippen LogP contribution < -0.4 is 5.73 Å². The first kappa shape index (κ1) is 12.9. The van der Waals surface area contributed by atoms with Crippen LogP contribution in [0.5, 0.6) is 0 Å². The van der Waals surface area contributed by atoms with Crippen LogP contribution in [0.3, 0.4) is 0 Å². The zero-order chi connectivity index (χ0) is 13.1. The van der Waals surface area contributed by atoms with E-state index in [1.807, 2.05) is 25.1 Å². The Morgan fingerprint density at radius 1 is 1.39 bits per heavy atom. The molecule has 0 saturated carbocycles. The molecule has 3 nitrogen and oxygen atoms in total. The SMILES string of the molecule is Cc1ccc(C(O)Cc2cccnc2N)cc1Cl. The van der Waals surface area contributed by atoms with Crippen LogP contribution in [0.2, 0.25) is 5.02 Å². The Kier molecular flexibility index (Phi) is 3.84. The number of nitrogens with two attached hydrogens (primary N) is 1. The highest BCUT2D eigenvalue weighted by atomic mass is 35.5. The molecule has 0 aliphatic heterocycles. The topological polar surface area (TPSA) is 59.1 Å². The molecule has 94 valence electrons. The predicted molar refractivity (Wildman–Crippen MR) is 73.5 cm³/mol. The molecule has 0 saturated heterocycles. The Balaban J connectivity index is 2.19. The van der Waals surface area contributed by atoms with Crippen molar-refractivity contribution in [2.45, 2.75) is 19.4 Å². The van der Waals surface area contributed by atoms with E-state index in [4.69, 9.17) is 17.3 Å². The van der Waals surface area contributed by atoms with Gasteiger partial charge < -0.3 is 10.8 Å². The molecule has 1 heterocycles. The lowest BCUT2D eigenvalue weighted by Crippen LogP contribution is -2.05. The van der Waals surface area contributed by atoms with Gasteiger partial charge in [0.25, 0.3) is 0 Å². The molecule has 1 aromatic heterocycles. The van der Waals surface area contributed by atoms with Crippen LogP contribution in [0.25, 0.3) is 0 Å². The maximum atomic E-state index is 10.2. The van der Waals surface area contributed by atoms with Gasteiger partial charge in [-0.3, -0.25) is 0 Å². The minimum atomic E-state index is -0.630. The van der Waals surface area contributed by atoms with Gasteiger partial charge in [0.05, 0.1) is 6.10 Å². The summed E-state index contributed by atoms with van der Waals surface area (Å²) < 4.78 is 0. The summed E-state index contributed by atoms with van der Waals surface area (Å²) in [6, 6.07) is 9.22. The first-order valence-electron chi connectivity index (χ1n) is 5.71. The molecule has 0 aliphatic rings. The van der Waals surface area contributed by atoms with Crippen molar-refractivity contribution < 1.29 is 5.11 Å². The fraction of sp³-hybridized carbons (Fsp3) is 0.214. The van der Waals surface area contributed by atoms with Crippen LogP contribution in [0.1, 0.15) is 22.8 Å². The van der Waals surface area contributed by atoms with Gasteiger partial charge in [0.15, 0.2) is 0 Å². The quantitative estimate of drug-likeness (QED) is 0.894. The Morgan fingerprint density at radius 3 is 2.83 bits per heavy atom. The van der Waals surface area contributed by atoms with Gasteiger partial charge in [-0.15, -0.1) is 0 Å². The predicted octanol–water partition coefficient (Wildman–Crippen LogP) is 2.90. The molecular formula is C14H15ClN2O. The molecule has 0 fully saturated rings. The molecule has 0 radical (unpaired) electrons. The molecule has 4 heteroatoms. The molecule has 3 N–H and O–H groups in total. The molecule has 2 aromatic rings. The number of hydrogen-bond acceptors (Lipinski definition) is 3. The molecule has 0 spiro atoms. The average Bonchev–Trinajstić information content (AvgIpc) is 2.35. The highest BCUT2D eigenvalue weighted by Gasteiger charge is 2.11. The van der Waals surface area contributed by atoms with E-state index in [1.165, 1.54) is 0 Å². The van der Waals surface area contributed by atoms with E-state index in [9.17, 15) is 5.11 Å². The number of nitrogen functional groups attached to an aromatic ring is 1. The highest BCUT2D eigenvalue weighted by molar-refractivity contribution is 6.31. The molecule has 18 heavy (non-hydrogen) atoms. The number of hydrogen-bond donors (Lipinski definition) is 2. The van der Waals surface area contributed by atoms with E-state index in [1.54, 1.807) is 18.3 Å². The molecule has 1 atom stereocenters. The number of benzene rings is 1. The lowest BCUT2D eigenvalue weighted by Gasteiger charge is -2.13. The summed E-state index contributed by atoms with van der Waals surface area (Å²) in [4.78, 5) is 4.00. The van der Waals surface area contributed by atoms with Gasteiger partial charge in [0, 0.05) is 17.6 Å². The Labute approximate surface area is 111 Å². The molecular weight excluding hydrogens is 248 g/mol. The molecule has 1 unspecified atom stereocenters. The lowest BCUT2D eigenvalue weighted by atomic mass is 10.0. The van der Waals surface area contributed by atoms with Crippen LogP contribution in [0, 0.1) is 6.92 Å². The van der Waals surface area contributed by atoms with Gasteiger partial charge in [0.2, 0.25) is 0 Å². The molecule has 0 aliphatic carbocycles. The Morgan fingerprint density at radius 2 is 2.17 bits per heavy atom. The van der Waals surface area contributed by atoms with Crippen molar-refractivity contribution >= 4 is 17.4 Å². The number of aryl methyl sites for hydroxylation is 1. The number of aromatic nitrogens is 1. The number of aliphatic hydroxyl groups is 1. The second-order valence-corrected chi connectivity index (χ2v) is 4.68. The van der Waals surface area contributed by atoms with Crippen molar-refractivity contribution in [2.24, 2.45) is 0 Å². The number of aliphatic hydroxyl groups excluding tert-OH is 1. The fourth-order valence-corrected chi connectivity index (χ4v) is 1.95. The van der Waals surface area contributed by atoms with E-state index in [0.717, 1.165) is 16.7 Å². The summed E-state index contributed by atoms with van der Waals surface area (Å²) >= 11 is 6.04. The van der Waals surface area contributed by atoms with E-state index >= 15 is 0 Å². The molecule has 2 rings (SSSR count). The van der Waals surface area contributed by atoms with Crippen molar-refractivity contribution in [1.29, 1.82) is 0 Å². The molecule has 1 aromatic carbocycles. The molecule has 0 bridgehead atoms. The summed E-state index contributed by atoms with van der Waals surface area (Å²) in [5, 5.41) is 10.8. The first-order valence-corrected chi connectivity index (χ1v) is 6.09. The van der Waals surface area contributed by atoms with Crippen molar-refractivity contribution in [1.82, 2.24) is 4.98 Å². The van der Waals surface area contributed by atoms with Crippen LogP contribution in [0.15, 0.2) is 36.5 Å². The zero-order valence-corrected chi connectivity index (χ0v) is 10.9. The Hall–Kier alpha value is -1.58. The fourth-order valence-electron chi connectivity index (χ4n) is 1.77. The third kappa shape index (κ3) is 2.81. The van der Waals surface area contributed by atoms with Crippen molar-refractivity contribution in [3.63, 3.8) is 0 Å². The van der Waals surface area contributed by atoms with Gasteiger partial charge in [0.1, 0.15) is 5.82 Å². The van der Waals surface area contributed by atoms with Crippen LogP contribution in [0.4, 0.5) is 5.82 Å².